The number of hydrogen-bond acceptors (Lipinski definition) is 5. The molecule has 0 amide bonds. The minimum Gasteiger partial charge on any atom is -0.465 e. The third-order valence-electron chi connectivity index (χ3n) is 1.97. The van der Waals surface area contributed by atoms with Crippen LogP contribution in [0.1, 0.15) is 5.56 Å². The Bertz CT molecular complexity index is 560. The van der Waals surface area contributed by atoms with Crippen molar-refractivity contribution in [3.05, 3.63) is 39.7 Å². The highest BCUT2D eigenvalue weighted by molar-refractivity contribution is 14.1. The molecule has 0 aliphatic carbocycles. The van der Waals surface area contributed by atoms with Crippen LogP contribution in [0.25, 0.3) is 0 Å². The molecule has 5 nitrogen and oxygen atoms in total. The van der Waals surface area contributed by atoms with E-state index in [0.29, 0.717) is 0 Å². The normalized spacial score (nSPS) is 12.1. The molecule has 0 saturated carbocycles. The summed E-state index contributed by atoms with van der Waals surface area (Å²) in [5.41, 5.74) is 0.939. The molecule has 0 aliphatic heterocycles. The molecule has 0 heterocycles. The zero-order valence-electron chi connectivity index (χ0n) is 9.71. The predicted molar refractivity (Wildman–Crippen MR) is 73.6 cm³/mol. The molecule has 0 spiro atoms. The van der Waals surface area contributed by atoms with Gasteiger partial charge in [-0.05, 0) is 41.6 Å². The van der Waals surface area contributed by atoms with Gasteiger partial charge in [-0.15, -0.1) is 0 Å². The number of ether oxygens (including phenoxy) is 1. The summed E-state index contributed by atoms with van der Waals surface area (Å²) in [5.74, 6) is -0.658. The second-order valence-electron chi connectivity index (χ2n) is 3.32. The molecule has 0 fully saturated rings. The van der Waals surface area contributed by atoms with Crippen molar-refractivity contribution in [3.8, 4) is 0 Å². The monoisotopic (exact) mass is 382 g/mol. The van der Waals surface area contributed by atoms with Crippen molar-refractivity contribution in [2.45, 2.75) is 11.8 Å². The van der Waals surface area contributed by atoms with Crippen molar-refractivity contribution in [2.75, 3.05) is 7.11 Å². The highest BCUT2D eigenvalue weighted by Gasteiger charge is 2.15. The molecule has 0 saturated heterocycles. The second kappa shape index (κ2) is 6.19. The van der Waals surface area contributed by atoms with E-state index >= 15 is 0 Å². The van der Waals surface area contributed by atoms with Gasteiger partial charge in [0.1, 0.15) is 14.7 Å². The Kier molecular flexibility index (Phi) is 5.15. The van der Waals surface area contributed by atoms with E-state index < -0.39 is 16.1 Å². The van der Waals surface area contributed by atoms with Crippen molar-refractivity contribution >= 4 is 38.7 Å². The molecule has 0 atom stereocenters. The fourth-order valence-corrected chi connectivity index (χ4v) is 2.33. The number of benzene rings is 1. The van der Waals surface area contributed by atoms with Crippen LogP contribution in [-0.2, 0) is 23.8 Å². The van der Waals surface area contributed by atoms with Gasteiger partial charge >= 0.3 is 16.1 Å². The van der Waals surface area contributed by atoms with Crippen molar-refractivity contribution < 1.29 is 22.1 Å². The minimum absolute atomic E-state index is 0.0263. The lowest BCUT2D eigenvalue weighted by Crippen LogP contribution is -2.05. The van der Waals surface area contributed by atoms with Gasteiger partial charge in [-0.3, -0.25) is 0 Å². The van der Waals surface area contributed by atoms with Crippen molar-refractivity contribution in [1.29, 1.82) is 0 Å². The minimum atomic E-state index is -3.90. The average Bonchev–Trinajstić information content (AvgIpc) is 2.35. The number of carbonyl (C=O) groups excluding carboxylic acids is 1. The molecule has 0 radical (unpaired) electrons. The van der Waals surface area contributed by atoms with Crippen LogP contribution in [-0.4, -0.2) is 21.5 Å². The van der Waals surface area contributed by atoms with Crippen molar-refractivity contribution in [2.24, 2.45) is 0 Å². The van der Waals surface area contributed by atoms with E-state index in [2.05, 4.69) is 8.92 Å². The summed E-state index contributed by atoms with van der Waals surface area (Å²) in [7, 11) is -2.71. The quantitative estimate of drug-likeness (QED) is 0.263. The first-order valence-electron chi connectivity index (χ1n) is 4.81. The summed E-state index contributed by atoms with van der Waals surface area (Å²) in [5, 5.41) is 0. The Hall–Kier alpha value is -1.09. The molecular weight excluding hydrogens is 371 g/mol. The number of rotatable bonds is 4. The molecule has 7 heteroatoms. The molecular formula is C11H11IO5S. The zero-order valence-corrected chi connectivity index (χ0v) is 12.7. The number of methoxy groups -OCH3 is 1. The Morgan fingerprint density at radius 1 is 1.28 bits per heavy atom. The standard InChI is InChI=1S/C11H11IO5S/c1-8-3-5-9(6-4-8)18(14,15)17-7-10(12)11(13)16-2/h3-7H,1-2H3/b10-7+. The van der Waals surface area contributed by atoms with Crippen LogP contribution in [0.5, 0.6) is 0 Å². The number of hydrogen-bond donors (Lipinski definition) is 0. The Morgan fingerprint density at radius 3 is 2.33 bits per heavy atom. The third-order valence-corrected chi connectivity index (χ3v) is 3.86. The maximum atomic E-state index is 11.7. The zero-order chi connectivity index (χ0) is 13.8. The Labute approximate surface area is 119 Å². The lowest BCUT2D eigenvalue weighted by atomic mass is 10.2. The predicted octanol–water partition coefficient (Wildman–Crippen LogP) is 2.15. The lowest BCUT2D eigenvalue weighted by molar-refractivity contribution is -0.135. The van der Waals surface area contributed by atoms with Gasteiger partial charge in [0, 0.05) is 0 Å². The summed E-state index contributed by atoms with van der Waals surface area (Å²) >= 11 is 1.63. The number of carbonyl (C=O) groups is 1. The SMILES string of the molecule is COC(=O)/C(I)=C\OS(=O)(=O)c1ccc(C)cc1. The van der Waals surface area contributed by atoms with Gasteiger partial charge in [0.25, 0.3) is 0 Å². The molecule has 0 unspecified atom stereocenters. The maximum Gasteiger partial charge on any atom is 0.347 e. The van der Waals surface area contributed by atoms with Gasteiger partial charge in [0.2, 0.25) is 0 Å². The summed E-state index contributed by atoms with van der Waals surface area (Å²) in [4.78, 5) is 11.1. The number of halogens is 1. The highest BCUT2D eigenvalue weighted by atomic mass is 127. The molecule has 1 aromatic rings. The first kappa shape index (κ1) is 15.0. The number of esters is 1. The van der Waals surface area contributed by atoms with Gasteiger partial charge in [0.05, 0.1) is 7.11 Å². The summed E-state index contributed by atoms with van der Waals surface area (Å²) < 4.78 is 32.6. The third kappa shape index (κ3) is 3.98. The van der Waals surface area contributed by atoms with Gasteiger partial charge in [-0.1, -0.05) is 17.7 Å². The van der Waals surface area contributed by atoms with E-state index in [0.717, 1.165) is 11.8 Å². The molecule has 0 bridgehead atoms. The van der Waals surface area contributed by atoms with Crippen LogP contribution in [0.2, 0.25) is 0 Å². The van der Waals surface area contributed by atoms with E-state index in [1.165, 1.54) is 19.2 Å². The molecule has 1 aromatic carbocycles. The van der Waals surface area contributed by atoms with Gasteiger partial charge in [-0.25, -0.2) is 4.79 Å². The average molecular weight is 382 g/mol. The van der Waals surface area contributed by atoms with E-state index in [9.17, 15) is 13.2 Å². The van der Waals surface area contributed by atoms with Crippen LogP contribution >= 0.6 is 22.6 Å². The smallest absolute Gasteiger partial charge is 0.347 e. The topological polar surface area (TPSA) is 69.7 Å². The van der Waals surface area contributed by atoms with Crippen LogP contribution < -0.4 is 0 Å². The molecule has 0 N–H and O–H groups in total. The van der Waals surface area contributed by atoms with Gasteiger partial charge in [0.15, 0.2) is 0 Å². The molecule has 0 aliphatic rings. The van der Waals surface area contributed by atoms with Crippen LogP contribution in [0, 0.1) is 6.92 Å². The van der Waals surface area contributed by atoms with E-state index in [-0.39, 0.29) is 8.48 Å². The Balaban J connectivity index is 2.90. The number of aryl methyl sites for hydroxylation is 1. The van der Waals surface area contributed by atoms with Crippen LogP contribution in [0.3, 0.4) is 0 Å². The van der Waals surface area contributed by atoms with Crippen LogP contribution in [0.4, 0.5) is 0 Å². The second-order valence-corrected chi connectivity index (χ2v) is 6.06. The summed E-state index contributed by atoms with van der Waals surface area (Å²) in [6.07, 6.45) is 0.849. The molecule has 1 rings (SSSR count). The lowest BCUT2D eigenvalue weighted by Gasteiger charge is -2.04. The molecule has 0 aromatic heterocycles. The Morgan fingerprint density at radius 2 is 1.83 bits per heavy atom. The molecule has 18 heavy (non-hydrogen) atoms. The van der Waals surface area contributed by atoms with E-state index in [1.54, 1.807) is 34.7 Å². The molecule has 98 valence electrons. The van der Waals surface area contributed by atoms with Crippen molar-refractivity contribution in [1.82, 2.24) is 0 Å². The fourth-order valence-electron chi connectivity index (χ4n) is 1.01. The van der Waals surface area contributed by atoms with Gasteiger partial charge in [-0.2, -0.15) is 8.42 Å². The first-order chi connectivity index (χ1) is 8.36. The summed E-state index contributed by atoms with van der Waals surface area (Å²) in [6.45, 7) is 1.84. The van der Waals surface area contributed by atoms with E-state index in [4.69, 9.17) is 0 Å². The largest absolute Gasteiger partial charge is 0.465 e. The van der Waals surface area contributed by atoms with Crippen molar-refractivity contribution in [3.63, 3.8) is 0 Å². The first-order valence-corrected chi connectivity index (χ1v) is 7.29. The fraction of sp³-hybridized carbons (Fsp3) is 0.182. The highest BCUT2D eigenvalue weighted by Crippen LogP contribution is 2.16. The van der Waals surface area contributed by atoms with Gasteiger partial charge < -0.3 is 8.92 Å². The summed E-state index contributed by atoms with van der Waals surface area (Å²) in [6, 6.07) is 6.18. The van der Waals surface area contributed by atoms with Crippen LogP contribution in [0.15, 0.2) is 39.0 Å². The maximum absolute atomic E-state index is 11.7. The van der Waals surface area contributed by atoms with E-state index in [1.807, 2.05) is 6.92 Å².